The fourth-order valence-electron chi connectivity index (χ4n) is 2.07. The Kier molecular flexibility index (Phi) is 6.73. The molecule has 0 saturated heterocycles. The van der Waals surface area contributed by atoms with E-state index < -0.39 is 5.97 Å². The van der Waals surface area contributed by atoms with E-state index in [9.17, 15) is 9.59 Å². The van der Waals surface area contributed by atoms with Gasteiger partial charge in [0.1, 0.15) is 5.01 Å². The Hall–Kier alpha value is -1.73. The van der Waals surface area contributed by atoms with Crippen molar-refractivity contribution in [2.45, 2.75) is 39.2 Å². The number of thiazole rings is 1. The molecule has 0 aliphatic heterocycles. The standard InChI is InChI=1S/C16H20N2O3S2/c1-3-4-11(2)17-14(19)8-21-15(20)7-13-10-23-16(18-13)12-5-6-22-9-12/h5-6,9-11H,3-4,7-8H2,1-2H3,(H,17,19)/t11-/m1/s1. The Morgan fingerprint density at radius 2 is 2.22 bits per heavy atom. The van der Waals surface area contributed by atoms with E-state index in [-0.39, 0.29) is 25.0 Å². The number of nitrogens with zero attached hydrogens (tertiary/aromatic N) is 1. The average Bonchev–Trinajstić information content (AvgIpc) is 3.16. The van der Waals surface area contributed by atoms with Gasteiger partial charge in [-0.2, -0.15) is 11.3 Å². The minimum Gasteiger partial charge on any atom is -0.455 e. The van der Waals surface area contributed by atoms with E-state index in [4.69, 9.17) is 4.74 Å². The van der Waals surface area contributed by atoms with E-state index in [0.29, 0.717) is 5.69 Å². The van der Waals surface area contributed by atoms with Crippen molar-refractivity contribution < 1.29 is 14.3 Å². The van der Waals surface area contributed by atoms with Crippen molar-refractivity contribution >= 4 is 34.6 Å². The molecule has 2 heterocycles. The normalized spacial score (nSPS) is 11.9. The molecule has 0 aliphatic carbocycles. The third-order valence-corrected chi connectivity index (χ3v) is 4.76. The molecule has 0 radical (unpaired) electrons. The van der Waals surface area contributed by atoms with Gasteiger partial charge in [0.15, 0.2) is 6.61 Å². The summed E-state index contributed by atoms with van der Waals surface area (Å²) in [5, 5.41) is 9.53. The van der Waals surface area contributed by atoms with Gasteiger partial charge in [-0.3, -0.25) is 9.59 Å². The SMILES string of the molecule is CCC[C@@H](C)NC(=O)COC(=O)Cc1csc(-c2ccsc2)n1. The number of carbonyl (C=O) groups excluding carboxylic acids is 2. The molecule has 0 spiro atoms. The number of aromatic nitrogens is 1. The Morgan fingerprint density at radius 3 is 2.91 bits per heavy atom. The number of hydrogen-bond donors (Lipinski definition) is 1. The zero-order chi connectivity index (χ0) is 16.7. The summed E-state index contributed by atoms with van der Waals surface area (Å²) >= 11 is 3.10. The molecule has 0 bridgehead atoms. The van der Waals surface area contributed by atoms with Crippen LogP contribution in [-0.4, -0.2) is 29.5 Å². The van der Waals surface area contributed by atoms with Crippen LogP contribution >= 0.6 is 22.7 Å². The topological polar surface area (TPSA) is 68.3 Å². The summed E-state index contributed by atoms with van der Waals surface area (Å²) in [6.07, 6.45) is 1.99. The number of rotatable bonds is 8. The van der Waals surface area contributed by atoms with Gasteiger partial charge in [0, 0.05) is 22.4 Å². The highest BCUT2D eigenvalue weighted by Gasteiger charge is 2.13. The van der Waals surface area contributed by atoms with Crippen LogP contribution in [0.3, 0.4) is 0 Å². The molecule has 124 valence electrons. The Morgan fingerprint density at radius 1 is 1.39 bits per heavy atom. The third-order valence-electron chi connectivity index (χ3n) is 3.14. The summed E-state index contributed by atoms with van der Waals surface area (Å²) in [6, 6.07) is 2.09. The fraction of sp³-hybridized carbons (Fsp3) is 0.438. The number of esters is 1. The molecule has 0 fully saturated rings. The second-order valence-electron chi connectivity index (χ2n) is 5.25. The van der Waals surface area contributed by atoms with Crippen molar-refractivity contribution in [3.05, 3.63) is 27.9 Å². The predicted molar refractivity (Wildman–Crippen MR) is 92.6 cm³/mol. The first kappa shape index (κ1) is 17.6. The fourth-order valence-corrected chi connectivity index (χ4v) is 3.61. The maximum absolute atomic E-state index is 11.8. The monoisotopic (exact) mass is 352 g/mol. The molecule has 5 nitrogen and oxygen atoms in total. The minimum absolute atomic E-state index is 0.0818. The summed E-state index contributed by atoms with van der Waals surface area (Å²) in [5.74, 6) is -0.706. The Bertz CT molecular complexity index is 638. The summed E-state index contributed by atoms with van der Waals surface area (Å²) in [7, 11) is 0. The van der Waals surface area contributed by atoms with Crippen molar-refractivity contribution in [3.63, 3.8) is 0 Å². The lowest BCUT2D eigenvalue weighted by Gasteiger charge is -2.12. The number of hydrogen-bond acceptors (Lipinski definition) is 6. The summed E-state index contributed by atoms with van der Waals surface area (Å²) < 4.78 is 5.00. The number of thiophene rings is 1. The van der Waals surface area contributed by atoms with Gasteiger partial charge < -0.3 is 10.1 Å². The molecule has 0 aromatic carbocycles. The van der Waals surface area contributed by atoms with Crippen LogP contribution in [0.25, 0.3) is 10.6 Å². The molecule has 2 aromatic rings. The van der Waals surface area contributed by atoms with Crippen LogP contribution in [0, 0.1) is 0 Å². The highest BCUT2D eigenvalue weighted by atomic mass is 32.1. The quantitative estimate of drug-likeness (QED) is 0.741. The van der Waals surface area contributed by atoms with E-state index >= 15 is 0 Å². The zero-order valence-corrected chi connectivity index (χ0v) is 14.8. The van der Waals surface area contributed by atoms with Gasteiger partial charge in [0.05, 0.1) is 12.1 Å². The molecule has 1 atom stereocenters. The smallest absolute Gasteiger partial charge is 0.312 e. The zero-order valence-electron chi connectivity index (χ0n) is 13.2. The maximum Gasteiger partial charge on any atom is 0.312 e. The van der Waals surface area contributed by atoms with Gasteiger partial charge in [-0.05, 0) is 24.8 Å². The van der Waals surface area contributed by atoms with Crippen molar-refractivity contribution in [3.8, 4) is 10.6 Å². The van der Waals surface area contributed by atoms with E-state index in [1.54, 1.807) is 11.3 Å². The molecule has 2 aromatic heterocycles. The molecule has 23 heavy (non-hydrogen) atoms. The second-order valence-corrected chi connectivity index (χ2v) is 6.89. The van der Waals surface area contributed by atoms with Crippen LogP contribution in [-0.2, 0) is 20.7 Å². The molecule has 2 rings (SSSR count). The molecule has 0 saturated carbocycles. The van der Waals surface area contributed by atoms with Crippen LogP contribution in [0.2, 0.25) is 0 Å². The second kappa shape index (κ2) is 8.79. The predicted octanol–water partition coefficient (Wildman–Crippen LogP) is 3.26. The average molecular weight is 352 g/mol. The maximum atomic E-state index is 11.8. The van der Waals surface area contributed by atoms with E-state index in [2.05, 4.69) is 17.2 Å². The van der Waals surface area contributed by atoms with Crippen LogP contribution < -0.4 is 5.32 Å². The molecule has 7 heteroatoms. The van der Waals surface area contributed by atoms with Crippen molar-refractivity contribution in [1.29, 1.82) is 0 Å². The van der Waals surface area contributed by atoms with Crippen molar-refractivity contribution in [2.24, 2.45) is 0 Å². The van der Waals surface area contributed by atoms with Crippen molar-refractivity contribution in [1.82, 2.24) is 10.3 Å². The lowest BCUT2D eigenvalue weighted by molar-refractivity contribution is -0.148. The lowest BCUT2D eigenvalue weighted by Crippen LogP contribution is -2.35. The van der Waals surface area contributed by atoms with Crippen LogP contribution in [0.15, 0.2) is 22.2 Å². The highest BCUT2D eigenvalue weighted by molar-refractivity contribution is 7.14. The van der Waals surface area contributed by atoms with E-state index in [1.807, 2.05) is 29.1 Å². The van der Waals surface area contributed by atoms with E-state index in [1.165, 1.54) is 11.3 Å². The molecule has 1 N–H and O–H groups in total. The van der Waals surface area contributed by atoms with Gasteiger partial charge in [-0.15, -0.1) is 11.3 Å². The summed E-state index contributed by atoms with van der Waals surface area (Å²) in [4.78, 5) is 27.8. The van der Waals surface area contributed by atoms with Gasteiger partial charge in [0.25, 0.3) is 5.91 Å². The third kappa shape index (κ3) is 5.76. The van der Waals surface area contributed by atoms with Gasteiger partial charge >= 0.3 is 5.97 Å². The summed E-state index contributed by atoms with van der Waals surface area (Å²) in [5.41, 5.74) is 1.73. The molecule has 0 unspecified atom stereocenters. The van der Waals surface area contributed by atoms with Gasteiger partial charge in [0.2, 0.25) is 0 Å². The summed E-state index contributed by atoms with van der Waals surface area (Å²) in [6.45, 7) is 3.75. The molecule has 0 aliphatic rings. The van der Waals surface area contributed by atoms with Crippen LogP contribution in [0.5, 0.6) is 0 Å². The van der Waals surface area contributed by atoms with Crippen molar-refractivity contribution in [2.75, 3.05) is 6.61 Å². The Labute approximate surface area is 143 Å². The van der Waals surface area contributed by atoms with Crippen LogP contribution in [0.1, 0.15) is 32.4 Å². The van der Waals surface area contributed by atoms with Gasteiger partial charge in [-0.25, -0.2) is 4.98 Å². The van der Waals surface area contributed by atoms with E-state index in [0.717, 1.165) is 23.4 Å². The first-order valence-corrected chi connectivity index (χ1v) is 9.32. The largest absolute Gasteiger partial charge is 0.455 e. The minimum atomic E-state index is -0.439. The van der Waals surface area contributed by atoms with Crippen LogP contribution in [0.4, 0.5) is 0 Å². The first-order valence-electron chi connectivity index (χ1n) is 7.50. The number of ether oxygens (including phenoxy) is 1. The van der Waals surface area contributed by atoms with Gasteiger partial charge in [-0.1, -0.05) is 13.3 Å². The number of nitrogens with one attached hydrogen (secondary N) is 1. The number of amides is 1. The lowest BCUT2D eigenvalue weighted by atomic mass is 10.2. The molecule has 1 amide bonds. The highest BCUT2D eigenvalue weighted by Crippen LogP contribution is 2.25. The number of carbonyl (C=O) groups is 2. The molecular formula is C16H20N2O3S2. The molecular weight excluding hydrogens is 332 g/mol. The Balaban J connectivity index is 1.76. The first-order chi connectivity index (χ1) is 11.1.